The molecule has 0 saturated carbocycles. The molecule has 3 aromatic rings. The Morgan fingerprint density at radius 3 is 2.01 bits per heavy atom. The number of aryl methyl sites for hydroxylation is 1. The average Bonchev–Trinajstić information content (AvgIpc) is 1.83. The average molecular weight is 1460 g/mol. The van der Waals surface area contributed by atoms with Crippen LogP contribution >= 0.6 is 34.4 Å². The van der Waals surface area contributed by atoms with Crippen molar-refractivity contribution in [1.29, 1.82) is 5.26 Å². The zero-order chi connectivity index (χ0) is 68.3. The summed E-state index contributed by atoms with van der Waals surface area (Å²) < 4.78 is 40.6. The molecule has 2 aromatic carbocycles. The monoisotopic (exact) mass is 1460 g/mol. The number of nitriles is 1. The van der Waals surface area contributed by atoms with Crippen molar-refractivity contribution in [3.8, 4) is 11.8 Å². The summed E-state index contributed by atoms with van der Waals surface area (Å²) in [7, 11) is 0. The third kappa shape index (κ3) is 26.3. The van der Waals surface area contributed by atoms with Gasteiger partial charge in [0.1, 0.15) is 18.3 Å². The largest absolute Gasteiger partial charge is 0.494 e. The minimum atomic E-state index is -3.10. The third-order valence-electron chi connectivity index (χ3n) is 17.0. The van der Waals surface area contributed by atoms with E-state index in [0.29, 0.717) is 77.2 Å². The topological polar surface area (TPSA) is 331 Å². The molecule has 95 heavy (non-hydrogen) atoms. The molecular formula is C64H88F2IN13O14S. The Labute approximate surface area is 569 Å². The molecule has 0 aliphatic carbocycles. The number of piperazine rings is 1. The standard InChI is InChI=1S/C64H88F2IN13O14S/c65-64(66)34-50(35-68)80(44-64)58(84)36-69-45-93-42-47-15-17-70-53-14-13-51(32-52(47)53)94-31-4-3-18-73-27-29-78(30-28-73)59(85)38-79-57(83)33-54(63(79)92)95-43-49(7-1-2-16-71-55(81)8-5-6-46-9-11-48(67)12-10-46)72-56(82)37-74-19-21-75(39-60(86)87)23-25-77(41-62(90)91)26-24-76(22-20-74)40-61(88)89/h9-15,17,32,49-50,54,69H,1-8,16,18-31,33-34,36-45H2,(H,71,81)(H,72,82)(H,86,87)(H,88,89)(H,90,91)/t49?,50-,54?/m1/s1. The van der Waals surface area contributed by atoms with Crippen LogP contribution in [-0.2, 0) is 60.9 Å². The summed E-state index contributed by atoms with van der Waals surface area (Å²) in [5.41, 5.74) is 2.71. The molecule has 520 valence electrons. The van der Waals surface area contributed by atoms with Crippen LogP contribution in [0.3, 0.4) is 0 Å². The van der Waals surface area contributed by atoms with Gasteiger partial charge in [-0.3, -0.25) is 82.9 Å². The molecule has 4 fully saturated rings. The number of carboxylic acid groups (broad SMARTS) is 3. The number of ether oxygens (including phenoxy) is 2. The zero-order valence-corrected chi connectivity index (χ0v) is 56.5. The van der Waals surface area contributed by atoms with Gasteiger partial charge >= 0.3 is 17.9 Å². The van der Waals surface area contributed by atoms with Crippen LogP contribution in [0.15, 0.2) is 54.7 Å². The number of nitrogens with one attached hydrogen (secondary N) is 3. The van der Waals surface area contributed by atoms with Gasteiger partial charge in [0.15, 0.2) is 0 Å². The summed E-state index contributed by atoms with van der Waals surface area (Å²) in [4.78, 5) is 133. The Morgan fingerprint density at radius 1 is 0.747 bits per heavy atom. The number of carbonyl (C=O) groups excluding carboxylic acids is 6. The first kappa shape index (κ1) is 75.6. The second kappa shape index (κ2) is 38.8. The Morgan fingerprint density at radius 2 is 1.38 bits per heavy atom. The number of alkyl halides is 2. The maximum atomic E-state index is 14.1. The number of rotatable bonds is 35. The number of carboxylic acids is 3. The fraction of sp³-hybridized carbons (Fsp3) is 0.609. The van der Waals surface area contributed by atoms with E-state index in [2.05, 4.69) is 60.6 Å². The van der Waals surface area contributed by atoms with Gasteiger partial charge in [-0.25, -0.2) is 8.78 Å². The summed E-state index contributed by atoms with van der Waals surface area (Å²) in [6, 6.07) is 15.7. The van der Waals surface area contributed by atoms with E-state index >= 15 is 0 Å². The van der Waals surface area contributed by atoms with Crippen LogP contribution in [0.1, 0.15) is 68.9 Å². The van der Waals surface area contributed by atoms with E-state index in [9.17, 15) is 72.5 Å². The molecule has 27 nitrogen and oxygen atoms in total. The van der Waals surface area contributed by atoms with Crippen LogP contribution in [0, 0.1) is 14.9 Å². The smallest absolute Gasteiger partial charge is 0.317 e. The lowest BCUT2D eigenvalue weighted by atomic mass is 10.1. The molecule has 4 aliphatic rings. The van der Waals surface area contributed by atoms with Crippen molar-refractivity contribution in [1.82, 2.24) is 60.1 Å². The minimum Gasteiger partial charge on any atom is -0.494 e. The maximum Gasteiger partial charge on any atom is 0.317 e. The normalized spacial score (nSPS) is 19.2. The van der Waals surface area contributed by atoms with Gasteiger partial charge in [0.25, 0.3) is 5.92 Å². The number of thioether (sulfide) groups is 1. The summed E-state index contributed by atoms with van der Waals surface area (Å²) >= 11 is 3.48. The van der Waals surface area contributed by atoms with Crippen LogP contribution in [-0.4, -0.2) is 293 Å². The number of benzene rings is 2. The van der Waals surface area contributed by atoms with Gasteiger partial charge in [0.05, 0.1) is 76.0 Å². The van der Waals surface area contributed by atoms with E-state index in [-0.39, 0.29) is 135 Å². The fourth-order valence-corrected chi connectivity index (χ4v) is 13.3. The summed E-state index contributed by atoms with van der Waals surface area (Å²) in [5.74, 6) is -7.73. The van der Waals surface area contributed by atoms with E-state index in [4.69, 9.17) is 9.47 Å². The predicted octanol–water partition coefficient (Wildman–Crippen LogP) is 2.10. The number of likely N-dealkylation sites (tertiary alicyclic amines) is 2. The molecule has 6 N–H and O–H groups in total. The molecule has 7 rings (SSSR count). The van der Waals surface area contributed by atoms with Crippen LogP contribution in [0.2, 0.25) is 0 Å². The lowest BCUT2D eigenvalue weighted by molar-refractivity contribution is -0.146. The molecule has 31 heteroatoms. The molecule has 4 aliphatic heterocycles. The van der Waals surface area contributed by atoms with Crippen LogP contribution < -0.4 is 20.7 Å². The van der Waals surface area contributed by atoms with Gasteiger partial charge in [-0.15, -0.1) is 11.8 Å². The first-order valence-corrected chi connectivity index (χ1v) is 34.4. The number of halogens is 3. The molecule has 3 atom stereocenters. The number of hydrogen-bond donors (Lipinski definition) is 6. The molecule has 4 saturated heterocycles. The van der Waals surface area contributed by atoms with Gasteiger partial charge in [0, 0.05) is 131 Å². The number of aromatic nitrogens is 1. The van der Waals surface area contributed by atoms with Crippen molar-refractivity contribution in [3.63, 3.8) is 0 Å². The van der Waals surface area contributed by atoms with Crippen LogP contribution in [0.5, 0.6) is 5.75 Å². The van der Waals surface area contributed by atoms with Crippen molar-refractivity contribution >= 4 is 98.6 Å². The zero-order valence-electron chi connectivity index (χ0n) is 53.5. The number of pyridine rings is 1. The minimum absolute atomic E-state index is 0.0329. The second-order valence-electron chi connectivity index (χ2n) is 24.3. The number of imide groups is 1. The van der Waals surface area contributed by atoms with Gasteiger partial charge < -0.3 is 45.2 Å². The van der Waals surface area contributed by atoms with E-state index < -0.39 is 71.9 Å². The Hall–Kier alpha value is -6.77. The first-order chi connectivity index (χ1) is 45.6. The molecule has 0 spiro atoms. The van der Waals surface area contributed by atoms with Crippen molar-refractivity contribution < 1.29 is 76.7 Å². The highest BCUT2D eigenvalue weighted by Crippen LogP contribution is 2.32. The number of hydrogen-bond acceptors (Lipinski definition) is 20. The quantitative estimate of drug-likeness (QED) is 0.0213. The number of aliphatic carboxylic acids is 3. The highest BCUT2D eigenvalue weighted by Gasteiger charge is 2.47. The van der Waals surface area contributed by atoms with E-state index in [0.717, 1.165) is 61.2 Å². The lowest BCUT2D eigenvalue weighted by Gasteiger charge is -2.35. The maximum absolute atomic E-state index is 14.1. The van der Waals surface area contributed by atoms with Gasteiger partial charge in [0.2, 0.25) is 35.4 Å². The summed E-state index contributed by atoms with van der Waals surface area (Å²) in [6.45, 7) is 3.11. The van der Waals surface area contributed by atoms with Crippen molar-refractivity contribution in [3.05, 3.63) is 69.4 Å². The lowest BCUT2D eigenvalue weighted by Crippen LogP contribution is -2.52. The Balaban J connectivity index is 0.848. The number of fused-ring (bicyclic) bond motifs is 1. The van der Waals surface area contributed by atoms with E-state index in [1.54, 1.807) is 31.9 Å². The van der Waals surface area contributed by atoms with Gasteiger partial charge in [-0.05, 0) is 122 Å². The highest BCUT2D eigenvalue weighted by molar-refractivity contribution is 14.1. The van der Waals surface area contributed by atoms with Crippen LogP contribution in [0.25, 0.3) is 10.9 Å². The summed E-state index contributed by atoms with van der Waals surface area (Å²) in [6.07, 6.45) is 5.93. The predicted molar refractivity (Wildman–Crippen MR) is 355 cm³/mol. The second-order valence-corrected chi connectivity index (χ2v) is 26.8. The van der Waals surface area contributed by atoms with Crippen molar-refractivity contribution in [2.75, 3.05) is 157 Å². The first-order valence-electron chi connectivity index (χ1n) is 32.3. The van der Waals surface area contributed by atoms with Crippen molar-refractivity contribution in [2.24, 2.45) is 0 Å². The number of unbranched alkanes of at least 4 members (excludes halogenated alkanes) is 2. The molecule has 2 unspecified atom stereocenters. The molecular weight excluding hydrogens is 1370 g/mol. The molecule has 0 bridgehead atoms. The van der Waals surface area contributed by atoms with Gasteiger partial charge in [-0.1, -0.05) is 12.1 Å². The van der Waals surface area contributed by atoms with Crippen molar-refractivity contribution in [2.45, 2.75) is 94.1 Å². The SMILES string of the molecule is N#C[C@H]1CC(F)(F)CN1C(=O)CNCOCc1ccnc2ccc(OCCCCN3CCN(C(=O)CN4C(=O)CC(SCC(CCCCNC(=O)CCCc5ccc(I)cc5)NC(=O)CN5CCN(CC(=O)O)CCN(CC(=O)O)CCN(CC(=O)O)CC5)C4=O)CC3)cc12. The van der Waals surface area contributed by atoms with E-state index in [1.165, 1.54) is 11.8 Å². The fourth-order valence-electron chi connectivity index (χ4n) is 11.7. The number of amides is 6. The van der Waals surface area contributed by atoms with Gasteiger partial charge in [-0.2, -0.15) is 5.26 Å². The molecule has 0 radical (unpaired) electrons. The molecule has 6 amide bonds. The Bertz CT molecular complexity index is 3100. The summed E-state index contributed by atoms with van der Waals surface area (Å²) in [5, 5.41) is 47.1. The highest BCUT2D eigenvalue weighted by atomic mass is 127. The molecule has 1 aromatic heterocycles. The number of carbonyl (C=O) groups is 9. The van der Waals surface area contributed by atoms with E-state index in [1.807, 2.05) is 41.3 Å². The Kier molecular flexibility index (Phi) is 30.9. The van der Waals surface area contributed by atoms with Crippen LogP contribution in [0.4, 0.5) is 8.78 Å². The molecule has 5 heterocycles. The number of nitrogens with zero attached hydrogens (tertiary/aromatic N) is 10. The third-order valence-corrected chi connectivity index (χ3v) is 19.0.